The van der Waals surface area contributed by atoms with Crippen molar-refractivity contribution in [3.8, 4) is 0 Å². The van der Waals surface area contributed by atoms with Gasteiger partial charge >= 0.3 is 0 Å². The number of rotatable bonds is 4. The molecule has 3 heteroatoms. The molecule has 1 heterocycles. The molecule has 0 atom stereocenters. The van der Waals surface area contributed by atoms with Gasteiger partial charge in [-0.15, -0.1) is 0 Å². The van der Waals surface area contributed by atoms with Crippen LogP contribution in [0.3, 0.4) is 0 Å². The Morgan fingerprint density at radius 3 is 2.19 bits per heavy atom. The van der Waals surface area contributed by atoms with Crippen molar-refractivity contribution in [2.75, 3.05) is 10.6 Å². The summed E-state index contributed by atoms with van der Waals surface area (Å²) < 4.78 is 0. The van der Waals surface area contributed by atoms with Gasteiger partial charge in [0.15, 0.2) is 0 Å². The summed E-state index contributed by atoms with van der Waals surface area (Å²) in [5.41, 5.74) is 10.1. The minimum absolute atomic E-state index is 0.678. The molecule has 0 bridgehead atoms. The predicted molar refractivity (Wildman–Crippen MR) is 87.4 cm³/mol. The zero-order chi connectivity index (χ0) is 14.5. The van der Waals surface area contributed by atoms with Gasteiger partial charge in [0.2, 0.25) is 0 Å². The van der Waals surface area contributed by atoms with Crippen molar-refractivity contribution >= 4 is 17.1 Å². The summed E-state index contributed by atoms with van der Waals surface area (Å²) in [7, 11) is 0. The summed E-state index contributed by atoms with van der Waals surface area (Å²) in [6, 6.07) is 22.6. The fraction of sp³-hybridized carbons (Fsp3) is 0.0556. The molecule has 2 aromatic carbocycles. The number of nitrogen functional groups attached to an aromatic ring is 1. The molecule has 0 saturated carbocycles. The molecule has 3 rings (SSSR count). The number of nitrogens with two attached hydrogens (primary N) is 1. The Balaban J connectivity index is 2.02. The topological polar surface area (TPSA) is 42.1 Å². The largest absolute Gasteiger partial charge is 0.396 e. The van der Waals surface area contributed by atoms with Gasteiger partial charge < -0.3 is 10.6 Å². The number of pyridine rings is 1. The van der Waals surface area contributed by atoms with Crippen LogP contribution in [0.4, 0.5) is 17.1 Å². The van der Waals surface area contributed by atoms with Crippen molar-refractivity contribution in [2.45, 2.75) is 6.54 Å². The lowest BCUT2D eigenvalue weighted by Gasteiger charge is -2.26. The summed E-state index contributed by atoms with van der Waals surface area (Å²) in [5, 5.41) is 0. The van der Waals surface area contributed by atoms with Gasteiger partial charge in [0.1, 0.15) is 0 Å². The lowest BCUT2D eigenvalue weighted by atomic mass is 10.1. The highest BCUT2D eigenvalue weighted by molar-refractivity contribution is 5.73. The molecule has 0 fully saturated rings. The fourth-order valence-electron chi connectivity index (χ4n) is 2.33. The molecular formula is C18H17N3. The van der Waals surface area contributed by atoms with E-state index in [0.29, 0.717) is 5.69 Å². The van der Waals surface area contributed by atoms with Crippen LogP contribution in [0.2, 0.25) is 0 Å². The molecule has 2 N–H and O–H groups in total. The second-order valence-electron chi connectivity index (χ2n) is 4.84. The Bertz CT molecular complexity index is 696. The highest BCUT2D eigenvalue weighted by Crippen LogP contribution is 2.31. The highest BCUT2D eigenvalue weighted by atomic mass is 15.1. The normalized spacial score (nSPS) is 10.3. The molecule has 0 aliphatic rings. The molecule has 1 aromatic heterocycles. The molecule has 0 radical (unpaired) electrons. The Morgan fingerprint density at radius 1 is 0.857 bits per heavy atom. The number of anilines is 3. The van der Waals surface area contributed by atoms with E-state index in [4.69, 9.17) is 5.73 Å². The van der Waals surface area contributed by atoms with Crippen LogP contribution in [-0.4, -0.2) is 4.98 Å². The third-order valence-electron chi connectivity index (χ3n) is 3.37. The first-order valence-electron chi connectivity index (χ1n) is 6.90. The Morgan fingerprint density at radius 2 is 1.52 bits per heavy atom. The molecule has 0 amide bonds. The van der Waals surface area contributed by atoms with Gasteiger partial charge in [-0.05, 0) is 23.8 Å². The van der Waals surface area contributed by atoms with Crippen molar-refractivity contribution < 1.29 is 0 Å². The minimum atomic E-state index is 0.678. The lowest BCUT2D eigenvalue weighted by molar-refractivity contribution is 0.974. The number of hydrogen-bond acceptors (Lipinski definition) is 3. The molecule has 21 heavy (non-hydrogen) atoms. The van der Waals surface area contributed by atoms with Crippen LogP contribution in [0, 0.1) is 0 Å². The van der Waals surface area contributed by atoms with E-state index >= 15 is 0 Å². The maximum absolute atomic E-state index is 6.11. The summed E-state index contributed by atoms with van der Waals surface area (Å²) >= 11 is 0. The van der Waals surface area contributed by atoms with Crippen LogP contribution in [0.1, 0.15) is 5.56 Å². The standard InChI is InChI=1S/C18H17N3/c19-17-13-20-12-11-18(17)21(16-9-5-2-6-10-16)14-15-7-3-1-4-8-15/h1-13H,14,19H2. The number of nitrogens with zero attached hydrogens (tertiary/aromatic N) is 2. The van der Waals surface area contributed by atoms with Gasteiger partial charge in [0.05, 0.1) is 17.6 Å². The van der Waals surface area contributed by atoms with Gasteiger partial charge in [-0.3, -0.25) is 4.98 Å². The van der Waals surface area contributed by atoms with Crippen molar-refractivity contribution in [1.29, 1.82) is 0 Å². The quantitative estimate of drug-likeness (QED) is 0.782. The smallest absolute Gasteiger partial charge is 0.0742 e. The first-order valence-corrected chi connectivity index (χ1v) is 6.90. The predicted octanol–water partition coefficient (Wildman–Crippen LogP) is 4.00. The van der Waals surface area contributed by atoms with Gasteiger partial charge in [0.25, 0.3) is 0 Å². The molecule has 0 aliphatic heterocycles. The van der Waals surface area contributed by atoms with Crippen molar-refractivity contribution in [1.82, 2.24) is 4.98 Å². The molecule has 0 spiro atoms. The lowest BCUT2D eigenvalue weighted by Crippen LogP contribution is -2.17. The van der Waals surface area contributed by atoms with Crippen molar-refractivity contribution in [3.05, 3.63) is 84.7 Å². The average molecular weight is 275 g/mol. The maximum atomic E-state index is 6.11. The molecule has 0 saturated heterocycles. The van der Waals surface area contributed by atoms with E-state index in [2.05, 4.69) is 46.3 Å². The zero-order valence-electron chi connectivity index (χ0n) is 11.7. The third kappa shape index (κ3) is 3.03. The summed E-state index contributed by atoms with van der Waals surface area (Å²) in [5.74, 6) is 0. The Labute approximate surface area is 124 Å². The van der Waals surface area contributed by atoms with E-state index in [1.807, 2.05) is 30.3 Å². The van der Waals surface area contributed by atoms with E-state index in [-0.39, 0.29) is 0 Å². The van der Waals surface area contributed by atoms with E-state index in [9.17, 15) is 0 Å². The van der Waals surface area contributed by atoms with Gasteiger partial charge in [0, 0.05) is 18.4 Å². The summed E-state index contributed by atoms with van der Waals surface area (Å²) in [4.78, 5) is 6.28. The van der Waals surface area contributed by atoms with Crippen LogP contribution in [-0.2, 0) is 6.54 Å². The van der Waals surface area contributed by atoms with Crippen LogP contribution >= 0.6 is 0 Å². The average Bonchev–Trinajstić information content (AvgIpc) is 2.55. The zero-order valence-corrected chi connectivity index (χ0v) is 11.7. The number of hydrogen-bond donors (Lipinski definition) is 1. The maximum Gasteiger partial charge on any atom is 0.0742 e. The SMILES string of the molecule is Nc1cnccc1N(Cc1ccccc1)c1ccccc1. The van der Waals surface area contributed by atoms with Crippen LogP contribution < -0.4 is 10.6 Å². The number of benzene rings is 2. The molecule has 3 aromatic rings. The monoisotopic (exact) mass is 275 g/mol. The molecule has 0 unspecified atom stereocenters. The first-order chi connectivity index (χ1) is 10.3. The number of para-hydroxylation sites is 1. The second-order valence-corrected chi connectivity index (χ2v) is 4.84. The molecular weight excluding hydrogens is 258 g/mol. The van der Waals surface area contributed by atoms with Crippen LogP contribution in [0.15, 0.2) is 79.1 Å². The van der Waals surface area contributed by atoms with Crippen molar-refractivity contribution in [3.63, 3.8) is 0 Å². The van der Waals surface area contributed by atoms with Gasteiger partial charge in [-0.1, -0.05) is 48.5 Å². The third-order valence-corrected chi connectivity index (χ3v) is 3.37. The fourth-order valence-corrected chi connectivity index (χ4v) is 2.33. The summed E-state index contributed by atoms with van der Waals surface area (Å²) in [6.45, 7) is 0.763. The molecule has 104 valence electrons. The van der Waals surface area contributed by atoms with E-state index < -0.39 is 0 Å². The highest BCUT2D eigenvalue weighted by Gasteiger charge is 2.12. The molecule has 3 nitrogen and oxygen atoms in total. The van der Waals surface area contributed by atoms with Gasteiger partial charge in [-0.2, -0.15) is 0 Å². The molecule has 0 aliphatic carbocycles. The second kappa shape index (κ2) is 6.09. The van der Waals surface area contributed by atoms with Crippen LogP contribution in [0.5, 0.6) is 0 Å². The van der Waals surface area contributed by atoms with Crippen molar-refractivity contribution in [2.24, 2.45) is 0 Å². The van der Waals surface area contributed by atoms with Crippen LogP contribution in [0.25, 0.3) is 0 Å². The Hall–Kier alpha value is -2.81. The summed E-state index contributed by atoms with van der Waals surface area (Å²) in [6.07, 6.45) is 3.46. The Kier molecular flexibility index (Phi) is 3.83. The first kappa shape index (κ1) is 13.2. The van der Waals surface area contributed by atoms with E-state index in [1.54, 1.807) is 12.4 Å². The minimum Gasteiger partial charge on any atom is -0.396 e. The number of aromatic nitrogens is 1. The van der Waals surface area contributed by atoms with E-state index in [0.717, 1.165) is 17.9 Å². The van der Waals surface area contributed by atoms with E-state index in [1.165, 1.54) is 5.56 Å². The van der Waals surface area contributed by atoms with Gasteiger partial charge in [-0.25, -0.2) is 0 Å².